The predicted molar refractivity (Wildman–Crippen MR) is 280 cm³/mol. The van der Waals surface area contributed by atoms with Crippen LogP contribution >= 0.6 is 0 Å². The molecule has 0 saturated heterocycles. The molecule has 0 aliphatic carbocycles. The molecule has 5 aromatic rings. The standard InChI is InChI=1S/C35H48N2O3.C24H36N2O/c1-4-7-23-36(24-8-5-2)25-26-37(35(38)32-17-21-33(22-18-32)39-27-9-6-3)28-30-15-19-34(20-16-30)40-29-31-13-11-10-12-14-31;1-3-5-17-26(18-6-4-2)19-16-25-20-22-12-14-24(15-13-22)27-21-23-10-8-7-9-11-23/h10-22H,4-9,23-29H2,1-3H3;7-15,25H,3-6,16-21H2,1-2H3. The van der Waals surface area contributed by atoms with Crippen molar-refractivity contribution in [1.82, 2.24) is 20.0 Å². The van der Waals surface area contributed by atoms with E-state index in [1.165, 1.54) is 75.6 Å². The largest absolute Gasteiger partial charge is 0.494 e. The number of unbranched alkanes of at least 4 members (excludes halogenated alkanes) is 5. The summed E-state index contributed by atoms with van der Waals surface area (Å²) in [7, 11) is 0. The second kappa shape index (κ2) is 34.2. The lowest BCUT2D eigenvalue weighted by atomic mass is 10.1. The van der Waals surface area contributed by atoms with Crippen LogP contribution in [0.25, 0.3) is 0 Å². The molecule has 1 amide bonds. The highest BCUT2D eigenvalue weighted by atomic mass is 16.5. The van der Waals surface area contributed by atoms with Gasteiger partial charge in [-0.25, -0.2) is 0 Å². The molecular formula is C59H84N4O4. The minimum Gasteiger partial charge on any atom is -0.494 e. The first kappa shape index (κ1) is 54.5. The van der Waals surface area contributed by atoms with Crippen molar-refractivity contribution in [3.05, 3.63) is 161 Å². The predicted octanol–water partition coefficient (Wildman–Crippen LogP) is 13.2. The molecule has 0 radical (unpaired) electrons. The topological polar surface area (TPSA) is 66.5 Å². The highest BCUT2D eigenvalue weighted by molar-refractivity contribution is 5.94. The number of amides is 1. The van der Waals surface area contributed by atoms with Crippen molar-refractivity contribution in [2.45, 2.75) is 125 Å². The average molecular weight is 913 g/mol. The van der Waals surface area contributed by atoms with Crippen LogP contribution in [0.4, 0.5) is 0 Å². The number of benzene rings is 5. The monoisotopic (exact) mass is 913 g/mol. The highest BCUT2D eigenvalue weighted by Crippen LogP contribution is 2.20. The molecule has 0 saturated carbocycles. The van der Waals surface area contributed by atoms with Gasteiger partial charge in [-0.1, -0.05) is 152 Å². The van der Waals surface area contributed by atoms with Gasteiger partial charge in [-0.05, 0) is 129 Å². The van der Waals surface area contributed by atoms with Crippen molar-refractivity contribution >= 4 is 5.91 Å². The molecule has 364 valence electrons. The fourth-order valence-electron chi connectivity index (χ4n) is 7.49. The normalized spacial score (nSPS) is 11.0. The van der Waals surface area contributed by atoms with E-state index in [0.717, 1.165) is 80.5 Å². The van der Waals surface area contributed by atoms with E-state index in [9.17, 15) is 4.79 Å². The van der Waals surface area contributed by atoms with Crippen molar-refractivity contribution in [2.75, 3.05) is 59.0 Å². The summed E-state index contributed by atoms with van der Waals surface area (Å²) in [6, 6.07) is 44.6. The first-order chi connectivity index (χ1) is 32.9. The zero-order valence-electron chi connectivity index (χ0n) is 41.9. The third kappa shape index (κ3) is 22.9. The van der Waals surface area contributed by atoms with Gasteiger partial charge in [-0.3, -0.25) is 4.79 Å². The molecule has 0 aliphatic heterocycles. The van der Waals surface area contributed by atoms with E-state index < -0.39 is 0 Å². The number of ether oxygens (including phenoxy) is 3. The lowest BCUT2D eigenvalue weighted by molar-refractivity contribution is 0.0720. The summed E-state index contributed by atoms with van der Waals surface area (Å²) in [5, 5.41) is 3.58. The molecule has 0 aliphatic rings. The summed E-state index contributed by atoms with van der Waals surface area (Å²) in [5.74, 6) is 2.62. The van der Waals surface area contributed by atoms with Crippen LogP contribution in [0.15, 0.2) is 133 Å². The van der Waals surface area contributed by atoms with E-state index in [1.54, 1.807) is 0 Å². The summed E-state index contributed by atoms with van der Waals surface area (Å²) in [4.78, 5) is 20.8. The minimum absolute atomic E-state index is 0.0513. The Morgan fingerprint density at radius 2 is 0.866 bits per heavy atom. The number of carbonyl (C=O) groups is 1. The van der Waals surface area contributed by atoms with Crippen molar-refractivity contribution in [3.63, 3.8) is 0 Å². The summed E-state index contributed by atoms with van der Waals surface area (Å²) in [5.41, 5.74) is 5.42. The maximum absolute atomic E-state index is 13.7. The first-order valence-corrected chi connectivity index (χ1v) is 25.6. The molecule has 8 nitrogen and oxygen atoms in total. The first-order valence-electron chi connectivity index (χ1n) is 25.6. The quantitative estimate of drug-likeness (QED) is 0.0421. The van der Waals surface area contributed by atoms with E-state index >= 15 is 0 Å². The van der Waals surface area contributed by atoms with Crippen LogP contribution in [0.1, 0.15) is 131 Å². The van der Waals surface area contributed by atoms with E-state index in [0.29, 0.717) is 38.5 Å². The Hall–Kier alpha value is -5.15. The molecule has 1 N–H and O–H groups in total. The van der Waals surface area contributed by atoms with Gasteiger partial charge in [0, 0.05) is 44.8 Å². The molecule has 5 rings (SSSR count). The SMILES string of the molecule is CCCCN(CCCC)CCNCc1ccc(OCc2ccccc2)cc1.CCCCOc1ccc(C(=O)N(CCN(CCCC)CCCC)Cc2ccc(OCc3ccccc3)cc2)cc1. The van der Waals surface area contributed by atoms with Gasteiger partial charge >= 0.3 is 0 Å². The summed E-state index contributed by atoms with van der Waals surface area (Å²) in [6.45, 7) is 22.8. The van der Waals surface area contributed by atoms with E-state index in [1.807, 2.05) is 77.7 Å². The summed E-state index contributed by atoms with van der Waals surface area (Å²) in [6.07, 6.45) is 12.0. The number of carbonyl (C=O) groups excluding carboxylic acids is 1. The van der Waals surface area contributed by atoms with E-state index in [-0.39, 0.29) is 5.91 Å². The molecular weight excluding hydrogens is 829 g/mol. The van der Waals surface area contributed by atoms with Gasteiger partial charge in [0.1, 0.15) is 30.5 Å². The molecule has 8 heteroatoms. The van der Waals surface area contributed by atoms with Gasteiger partial charge in [-0.15, -0.1) is 0 Å². The van der Waals surface area contributed by atoms with Crippen LogP contribution in [0.2, 0.25) is 0 Å². The number of nitrogens with zero attached hydrogens (tertiary/aromatic N) is 3. The highest BCUT2D eigenvalue weighted by Gasteiger charge is 2.18. The maximum Gasteiger partial charge on any atom is 0.254 e. The number of hydrogen-bond acceptors (Lipinski definition) is 7. The lowest BCUT2D eigenvalue weighted by Gasteiger charge is -2.28. The molecule has 0 bridgehead atoms. The Labute approximate surface area is 406 Å². The fourth-order valence-corrected chi connectivity index (χ4v) is 7.49. The Morgan fingerprint density at radius 3 is 1.34 bits per heavy atom. The van der Waals surface area contributed by atoms with Crippen molar-refractivity contribution in [1.29, 1.82) is 0 Å². The van der Waals surface area contributed by atoms with Gasteiger partial charge in [0.15, 0.2) is 0 Å². The van der Waals surface area contributed by atoms with Gasteiger partial charge in [0.05, 0.1) is 6.61 Å². The third-order valence-electron chi connectivity index (χ3n) is 11.8. The van der Waals surface area contributed by atoms with Gasteiger partial charge in [0.25, 0.3) is 5.91 Å². The molecule has 0 heterocycles. The molecule has 5 aromatic carbocycles. The zero-order valence-corrected chi connectivity index (χ0v) is 41.9. The van der Waals surface area contributed by atoms with Crippen LogP contribution in [-0.4, -0.2) is 79.6 Å². The lowest BCUT2D eigenvalue weighted by Crippen LogP contribution is -2.39. The number of hydrogen-bond donors (Lipinski definition) is 1. The van der Waals surface area contributed by atoms with Crippen LogP contribution in [0, 0.1) is 0 Å². The Kier molecular flexibility index (Phi) is 27.8. The van der Waals surface area contributed by atoms with Crippen LogP contribution in [0.3, 0.4) is 0 Å². The molecule has 0 unspecified atom stereocenters. The van der Waals surface area contributed by atoms with E-state index in [2.05, 4.69) is 110 Å². The second-order valence-corrected chi connectivity index (χ2v) is 17.6. The Morgan fingerprint density at radius 1 is 0.433 bits per heavy atom. The smallest absolute Gasteiger partial charge is 0.254 e. The van der Waals surface area contributed by atoms with Crippen molar-refractivity contribution in [2.24, 2.45) is 0 Å². The van der Waals surface area contributed by atoms with Gasteiger partial charge in [0.2, 0.25) is 0 Å². The molecule has 0 fully saturated rings. The molecule has 67 heavy (non-hydrogen) atoms. The number of rotatable bonds is 33. The maximum atomic E-state index is 13.7. The molecule has 0 aromatic heterocycles. The van der Waals surface area contributed by atoms with Crippen molar-refractivity contribution in [3.8, 4) is 17.2 Å². The fraction of sp³-hybridized carbons (Fsp3) is 0.475. The second-order valence-electron chi connectivity index (χ2n) is 17.6. The third-order valence-corrected chi connectivity index (χ3v) is 11.8. The van der Waals surface area contributed by atoms with Crippen LogP contribution in [-0.2, 0) is 26.3 Å². The van der Waals surface area contributed by atoms with E-state index in [4.69, 9.17) is 14.2 Å². The van der Waals surface area contributed by atoms with Gasteiger partial charge in [-0.2, -0.15) is 0 Å². The molecule has 0 spiro atoms. The summed E-state index contributed by atoms with van der Waals surface area (Å²) >= 11 is 0. The molecule has 0 atom stereocenters. The van der Waals surface area contributed by atoms with Crippen LogP contribution < -0.4 is 19.5 Å². The van der Waals surface area contributed by atoms with Crippen molar-refractivity contribution < 1.29 is 19.0 Å². The number of nitrogens with one attached hydrogen (secondary N) is 1. The van der Waals surface area contributed by atoms with Gasteiger partial charge < -0.3 is 34.2 Å². The zero-order chi connectivity index (χ0) is 47.6. The minimum atomic E-state index is 0.0513. The Balaban J connectivity index is 0.000000316. The Bertz CT molecular complexity index is 1940. The average Bonchev–Trinajstić information content (AvgIpc) is 3.38. The van der Waals surface area contributed by atoms with Crippen LogP contribution in [0.5, 0.6) is 17.2 Å². The summed E-state index contributed by atoms with van der Waals surface area (Å²) < 4.78 is 17.6.